The van der Waals surface area contributed by atoms with E-state index in [1.165, 1.54) is 37.1 Å². The summed E-state index contributed by atoms with van der Waals surface area (Å²) in [5, 5.41) is 3.49. The van der Waals surface area contributed by atoms with Gasteiger partial charge >= 0.3 is 0 Å². The molecule has 0 aliphatic carbocycles. The van der Waals surface area contributed by atoms with E-state index >= 15 is 0 Å². The van der Waals surface area contributed by atoms with E-state index < -0.39 is 0 Å². The fourth-order valence-corrected chi connectivity index (χ4v) is 3.15. The maximum Gasteiger partial charge on any atom is 0.0446 e. The Kier molecular flexibility index (Phi) is 5.62. The molecule has 1 aliphatic rings. The Morgan fingerprint density at radius 3 is 2.35 bits per heavy atom. The topological polar surface area (TPSA) is 15.3 Å². The van der Waals surface area contributed by atoms with Gasteiger partial charge in [-0.05, 0) is 43.0 Å². The number of likely N-dealkylation sites (tertiary alicyclic amines) is 1. The summed E-state index contributed by atoms with van der Waals surface area (Å²) in [4.78, 5) is 2.62. The van der Waals surface area contributed by atoms with Crippen LogP contribution in [0.25, 0.3) is 0 Å². The second-order valence-electron chi connectivity index (χ2n) is 6.49. The second kappa shape index (κ2) is 7.24. The third kappa shape index (κ3) is 3.83. The van der Waals surface area contributed by atoms with Crippen molar-refractivity contribution in [2.45, 2.75) is 45.6 Å². The van der Waals surface area contributed by atoms with E-state index in [-0.39, 0.29) is 0 Å². The molecule has 2 atom stereocenters. The van der Waals surface area contributed by atoms with E-state index in [0.29, 0.717) is 12.0 Å². The van der Waals surface area contributed by atoms with Crippen LogP contribution in [0.4, 0.5) is 0 Å². The Bertz CT molecular complexity index is 396. The van der Waals surface area contributed by atoms with Crippen LogP contribution in [0.3, 0.4) is 0 Å². The normalized spacial score (nSPS) is 21.6. The molecule has 0 aromatic heterocycles. The highest BCUT2D eigenvalue weighted by atomic mass is 15.2. The van der Waals surface area contributed by atoms with E-state index in [0.717, 1.165) is 12.5 Å². The Balaban J connectivity index is 1.97. The molecular weight excluding hydrogens is 244 g/mol. The van der Waals surface area contributed by atoms with E-state index in [1.807, 2.05) is 0 Å². The molecule has 1 aliphatic heterocycles. The molecule has 1 saturated heterocycles. The molecule has 1 N–H and O–H groups in total. The van der Waals surface area contributed by atoms with Gasteiger partial charge < -0.3 is 10.2 Å². The number of nitrogens with zero attached hydrogens (tertiary/aromatic N) is 1. The van der Waals surface area contributed by atoms with Crippen LogP contribution in [0.1, 0.15) is 56.7 Å². The molecule has 1 heterocycles. The van der Waals surface area contributed by atoms with E-state index in [9.17, 15) is 0 Å². The predicted molar refractivity (Wildman–Crippen MR) is 87.2 cm³/mol. The molecule has 2 rings (SSSR count). The molecule has 0 bridgehead atoms. The Morgan fingerprint density at radius 2 is 1.85 bits per heavy atom. The zero-order valence-corrected chi connectivity index (χ0v) is 13.5. The van der Waals surface area contributed by atoms with Crippen molar-refractivity contribution in [2.75, 3.05) is 26.7 Å². The minimum Gasteiger partial charge on any atom is -0.312 e. The fraction of sp³-hybridized carbons (Fsp3) is 0.667. The molecule has 2 nitrogen and oxygen atoms in total. The van der Waals surface area contributed by atoms with Gasteiger partial charge in [0.1, 0.15) is 0 Å². The summed E-state index contributed by atoms with van der Waals surface area (Å²) in [7, 11) is 2.08. The zero-order chi connectivity index (χ0) is 14.5. The Hall–Kier alpha value is -0.860. The van der Waals surface area contributed by atoms with E-state index in [1.54, 1.807) is 0 Å². The molecule has 0 saturated carbocycles. The Labute approximate surface area is 124 Å². The molecule has 0 radical (unpaired) electrons. The summed E-state index contributed by atoms with van der Waals surface area (Å²) in [5.74, 6) is 1.52. The third-order valence-corrected chi connectivity index (χ3v) is 4.74. The summed E-state index contributed by atoms with van der Waals surface area (Å²) in [6.45, 7) is 10.5. The van der Waals surface area contributed by atoms with Gasteiger partial charge in [0.05, 0.1) is 0 Å². The summed E-state index contributed by atoms with van der Waals surface area (Å²) in [6, 6.07) is 9.60. The maximum atomic E-state index is 3.49. The smallest absolute Gasteiger partial charge is 0.0446 e. The van der Waals surface area contributed by atoms with Gasteiger partial charge in [-0.3, -0.25) is 0 Å². The highest BCUT2D eigenvalue weighted by molar-refractivity contribution is 5.27. The standard InChI is InChI=1S/C18H30N2/c1-5-15-10-11-20(12-15)13-18(19-4)17-8-6-16(7-9-17)14(2)3/h6-9,14-15,18-19H,5,10-13H2,1-4H3. The predicted octanol–water partition coefficient (Wildman–Crippen LogP) is 3.80. The van der Waals surface area contributed by atoms with Gasteiger partial charge in [0.15, 0.2) is 0 Å². The molecule has 1 fully saturated rings. The number of likely N-dealkylation sites (N-methyl/N-ethyl adjacent to an activating group) is 1. The third-order valence-electron chi connectivity index (χ3n) is 4.74. The molecular formula is C18H30N2. The van der Waals surface area contributed by atoms with Crippen LogP contribution >= 0.6 is 0 Å². The average Bonchev–Trinajstić information content (AvgIpc) is 2.92. The van der Waals surface area contributed by atoms with Crippen molar-refractivity contribution in [3.05, 3.63) is 35.4 Å². The number of benzene rings is 1. The van der Waals surface area contributed by atoms with Crippen molar-refractivity contribution in [1.82, 2.24) is 10.2 Å². The summed E-state index contributed by atoms with van der Waals surface area (Å²) in [6.07, 6.45) is 2.70. The van der Waals surface area contributed by atoms with Gasteiger partial charge in [-0.25, -0.2) is 0 Å². The first-order valence-electron chi connectivity index (χ1n) is 8.13. The molecule has 0 amide bonds. The number of nitrogens with one attached hydrogen (secondary N) is 1. The first-order chi connectivity index (χ1) is 9.63. The molecule has 2 heteroatoms. The van der Waals surface area contributed by atoms with Crippen LogP contribution in [-0.4, -0.2) is 31.6 Å². The first-order valence-corrected chi connectivity index (χ1v) is 8.13. The lowest BCUT2D eigenvalue weighted by molar-refractivity contribution is 0.287. The summed E-state index contributed by atoms with van der Waals surface area (Å²) >= 11 is 0. The van der Waals surface area contributed by atoms with Crippen LogP contribution in [0.15, 0.2) is 24.3 Å². The average molecular weight is 274 g/mol. The van der Waals surface area contributed by atoms with Crippen molar-refractivity contribution < 1.29 is 0 Å². The van der Waals surface area contributed by atoms with E-state index in [2.05, 4.69) is 62.3 Å². The van der Waals surface area contributed by atoms with Gasteiger partial charge in [-0.2, -0.15) is 0 Å². The van der Waals surface area contributed by atoms with Crippen LogP contribution < -0.4 is 5.32 Å². The highest BCUT2D eigenvalue weighted by Gasteiger charge is 2.23. The van der Waals surface area contributed by atoms with Gasteiger partial charge in [0.2, 0.25) is 0 Å². The lowest BCUT2D eigenvalue weighted by atomic mass is 9.99. The minimum absolute atomic E-state index is 0.451. The molecule has 1 aromatic rings. The zero-order valence-electron chi connectivity index (χ0n) is 13.5. The molecule has 112 valence electrons. The van der Waals surface area contributed by atoms with Gasteiger partial charge in [-0.15, -0.1) is 0 Å². The van der Waals surface area contributed by atoms with Gasteiger partial charge in [0, 0.05) is 19.1 Å². The van der Waals surface area contributed by atoms with Gasteiger partial charge in [0.25, 0.3) is 0 Å². The molecule has 20 heavy (non-hydrogen) atoms. The van der Waals surface area contributed by atoms with Crippen molar-refractivity contribution in [3.63, 3.8) is 0 Å². The largest absolute Gasteiger partial charge is 0.312 e. The van der Waals surface area contributed by atoms with Crippen LogP contribution in [-0.2, 0) is 0 Å². The van der Waals surface area contributed by atoms with Gasteiger partial charge in [-0.1, -0.05) is 51.5 Å². The van der Waals surface area contributed by atoms with Crippen LogP contribution in [0.2, 0.25) is 0 Å². The number of hydrogen-bond acceptors (Lipinski definition) is 2. The fourth-order valence-electron chi connectivity index (χ4n) is 3.15. The van der Waals surface area contributed by atoms with Crippen LogP contribution in [0, 0.1) is 5.92 Å². The second-order valence-corrected chi connectivity index (χ2v) is 6.49. The Morgan fingerprint density at radius 1 is 1.20 bits per heavy atom. The van der Waals surface area contributed by atoms with Crippen molar-refractivity contribution >= 4 is 0 Å². The SMILES string of the molecule is CCC1CCN(CC(NC)c2ccc(C(C)C)cc2)C1. The first kappa shape index (κ1) is 15.5. The summed E-state index contributed by atoms with van der Waals surface area (Å²) < 4.78 is 0. The van der Waals surface area contributed by atoms with Crippen LogP contribution in [0.5, 0.6) is 0 Å². The number of hydrogen-bond donors (Lipinski definition) is 1. The monoisotopic (exact) mass is 274 g/mol. The lowest BCUT2D eigenvalue weighted by Gasteiger charge is -2.24. The molecule has 2 unspecified atom stereocenters. The highest BCUT2D eigenvalue weighted by Crippen LogP contribution is 2.23. The number of rotatable bonds is 6. The van der Waals surface area contributed by atoms with Crippen molar-refractivity contribution in [3.8, 4) is 0 Å². The lowest BCUT2D eigenvalue weighted by Crippen LogP contribution is -2.32. The molecule has 1 aromatic carbocycles. The van der Waals surface area contributed by atoms with Crippen molar-refractivity contribution in [2.24, 2.45) is 5.92 Å². The van der Waals surface area contributed by atoms with E-state index in [4.69, 9.17) is 0 Å². The minimum atomic E-state index is 0.451. The molecule has 0 spiro atoms. The summed E-state index contributed by atoms with van der Waals surface area (Å²) in [5.41, 5.74) is 2.84. The quantitative estimate of drug-likeness (QED) is 0.849. The van der Waals surface area contributed by atoms with Crippen molar-refractivity contribution in [1.29, 1.82) is 0 Å². The maximum absolute atomic E-state index is 3.49.